The van der Waals surface area contributed by atoms with Crippen LogP contribution in [0.15, 0.2) is 35.1 Å². The van der Waals surface area contributed by atoms with E-state index in [4.69, 9.17) is 10.5 Å². The molecule has 0 aliphatic heterocycles. The van der Waals surface area contributed by atoms with Gasteiger partial charge in [0.1, 0.15) is 0 Å². The van der Waals surface area contributed by atoms with Gasteiger partial charge in [0.2, 0.25) is 0 Å². The predicted molar refractivity (Wildman–Crippen MR) is 60.6 cm³/mol. The summed E-state index contributed by atoms with van der Waals surface area (Å²) in [5, 5.41) is 0. The summed E-state index contributed by atoms with van der Waals surface area (Å²) in [6.45, 7) is 0. The summed E-state index contributed by atoms with van der Waals surface area (Å²) in [4.78, 5) is 7.34. The average Bonchev–Trinajstić information content (AvgIpc) is 2.26. The molecule has 1 heterocycles. The van der Waals surface area contributed by atoms with Crippen LogP contribution in [0.2, 0.25) is 0 Å². The van der Waals surface area contributed by atoms with Crippen LogP contribution < -0.4 is 10.5 Å². The lowest BCUT2D eigenvalue weighted by molar-refractivity contribution is 0.436. The molecule has 2 N–H and O–H groups in total. The van der Waals surface area contributed by atoms with Gasteiger partial charge in [-0.1, -0.05) is 6.07 Å². The molecular formula is C10H7BrFN3O. The summed E-state index contributed by atoms with van der Waals surface area (Å²) in [6.07, 6.45) is 2.05. The topological polar surface area (TPSA) is 61.0 Å². The molecule has 0 fully saturated rings. The molecule has 2 rings (SSSR count). The zero-order chi connectivity index (χ0) is 11.5. The van der Waals surface area contributed by atoms with E-state index in [0.717, 1.165) is 12.4 Å². The van der Waals surface area contributed by atoms with Crippen molar-refractivity contribution in [3.63, 3.8) is 0 Å². The van der Waals surface area contributed by atoms with E-state index in [0.29, 0.717) is 15.9 Å². The lowest BCUT2D eigenvalue weighted by Gasteiger charge is -2.07. The maximum absolute atomic E-state index is 12.6. The molecule has 0 radical (unpaired) electrons. The van der Waals surface area contributed by atoms with Crippen LogP contribution >= 0.6 is 15.9 Å². The number of ether oxygens (including phenoxy) is 1. The molecule has 0 spiro atoms. The Morgan fingerprint density at radius 2 is 1.94 bits per heavy atom. The van der Waals surface area contributed by atoms with Gasteiger partial charge in [-0.05, 0) is 28.1 Å². The van der Waals surface area contributed by atoms with Gasteiger partial charge in [0, 0.05) is 0 Å². The van der Waals surface area contributed by atoms with Crippen molar-refractivity contribution in [1.82, 2.24) is 9.97 Å². The number of nitrogen functional groups attached to an aromatic ring is 1. The van der Waals surface area contributed by atoms with Crippen molar-refractivity contribution in [3.05, 3.63) is 40.9 Å². The Hall–Kier alpha value is -1.69. The monoisotopic (exact) mass is 283 g/mol. The van der Waals surface area contributed by atoms with Gasteiger partial charge in [-0.25, -0.2) is 14.4 Å². The number of nitrogens with zero attached hydrogens (tertiary/aromatic N) is 2. The lowest BCUT2D eigenvalue weighted by atomic mass is 10.3. The number of hydrogen-bond acceptors (Lipinski definition) is 4. The summed E-state index contributed by atoms with van der Waals surface area (Å²) in [5.41, 5.74) is 6.16. The van der Waals surface area contributed by atoms with Crippen LogP contribution in [-0.2, 0) is 0 Å². The van der Waals surface area contributed by atoms with Gasteiger partial charge in [-0.15, -0.1) is 0 Å². The fourth-order valence-corrected chi connectivity index (χ4v) is 1.54. The van der Waals surface area contributed by atoms with E-state index in [1.165, 1.54) is 0 Å². The summed E-state index contributed by atoms with van der Waals surface area (Å²) < 4.78 is 18.6. The second-order valence-corrected chi connectivity index (χ2v) is 3.80. The first-order chi connectivity index (χ1) is 7.66. The molecule has 0 saturated carbocycles. The Bertz CT molecular complexity index is 484. The van der Waals surface area contributed by atoms with Crippen LogP contribution in [0.3, 0.4) is 0 Å². The molecule has 4 nitrogen and oxygen atoms in total. The molecule has 6 heteroatoms. The third-order valence-corrected chi connectivity index (χ3v) is 2.41. The Balaban J connectivity index is 2.30. The molecule has 1 aromatic heterocycles. The zero-order valence-corrected chi connectivity index (χ0v) is 9.61. The van der Waals surface area contributed by atoms with E-state index in [1.54, 1.807) is 18.2 Å². The van der Waals surface area contributed by atoms with Crippen LogP contribution in [0.5, 0.6) is 11.8 Å². The smallest absolute Gasteiger partial charge is 0.322 e. The van der Waals surface area contributed by atoms with Crippen molar-refractivity contribution in [1.29, 1.82) is 0 Å². The van der Waals surface area contributed by atoms with Crippen LogP contribution in [-0.4, -0.2) is 9.97 Å². The van der Waals surface area contributed by atoms with Gasteiger partial charge in [0.05, 0.1) is 22.6 Å². The normalized spacial score (nSPS) is 10.1. The number of para-hydroxylation sites is 1. The van der Waals surface area contributed by atoms with Crippen molar-refractivity contribution in [3.8, 4) is 11.8 Å². The Labute approximate surface area is 99.4 Å². The largest absolute Gasteiger partial charge is 0.421 e. The second kappa shape index (κ2) is 4.44. The number of anilines is 1. The van der Waals surface area contributed by atoms with Gasteiger partial charge in [-0.3, -0.25) is 0 Å². The minimum atomic E-state index is -0.521. The quantitative estimate of drug-likeness (QED) is 0.861. The first kappa shape index (κ1) is 10.8. The fraction of sp³-hybridized carbons (Fsp3) is 0. The number of halogens is 2. The SMILES string of the molecule is Nc1cccc(Br)c1Oc1ncc(F)cn1. The minimum absolute atomic E-state index is 0.0417. The van der Waals surface area contributed by atoms with E-state index >= 15 is 0 Å². The van der Waals surface area contributed by atoms with Gasteiger partial charge in [0.15, 0.2) is 11.6 Å². The minimum Gasteiger partial charge on any atom is -0.421 e. The zero-order valence-electron chi connectivity index (χ0n) is 8.02. The molecule has 82 valence electrons. The lowest BCUT2D eigenvalue weighted by Crippen LogP contribution is -1.96. The van der Waals surface area contributed by atoms with Crippen LogP contribution in [0.4, 0.5) is 10.1 Å². The molecule has 0 bridgehead atoms. The highest BCUT2D eigenvalue weighted by molar-refractivity contribution is 9.10. The number of aromatic nitrogens is 2. The van der Waals surface area contributed by atoms with Gasteiger partial charge in [0.25, 0.3) is 0 Å². The molecule has 0 saturated heterocycles. The first-order valence-electron chi connectivity index (χ1n) is 4.36. The summed E-state index contributed by atoms with van der Waals surface area (Å²) in [5.74, 6) is -0.110. The maximum Gasteiger partial charge on any atom is 0.322 e. The van der Waals surface area contributed by atoms with E-state index in [-0.39, 0.29) is 6.01 Å². The van der Waals surface area contributed by atoms with Crippen molar-refractivity contribution in [2.24, 2.45) is 0 Å². The maximum atomic E-state index is 12.6. The molecule has 16 heavy (non-hydrogen) atoms. The first-order valence-corrected chi connectivity index (χ1v) is 5.15. The number of hydrogen-bond donors (Lipinski definition) is 1. The van der Waals surface area contributed by atoms with E-state index in [1.807, 2.05) is 0 Å². The van der Waals surface area contributed by atoms with Crippen molar-refractivity contribution in [2.45, 2.75) is 0 Å². The highest BCUT2D eigenvalue weighted by Gasteiger charge is 2.08. The molecule has 1 aromatic carbocycles. The summed E-state index contributed by atoms with van der Waals surface area (Å²) >= 11 is 3.28. The van der Waals surface area contributed by atoms with Gasteiger partial charge < -0.3 is 10.5 Å². The van der Waals surface area contributed by atoms with E-state index in [9.17, 15) is 4.39 Å². The van der Waals surface area contributed by atoms with Gasteiger partial charge >= 0.3 is 6.01 Å². The second-order valence-electron chi connectivity index (χ2n) is 2.94. The molecule has 0 aliphatic carbocycles. The highest BCUT2D eigenvalue weighted by Crippen LogP contribution is 2.33. The Morgan fingerprint density at radius 3 is 2.56 bits per heavy atom. The average molecular weight is 284 g/mol. The Kier molecular flexibility index (Phi) is 3.00. The van der Waals surface area contributed by atoms with Gasteiger partial charge in [-0.2, -0.15) is 0 Å². The predicted octanol–water partition coefficient (Wildman–Crippen LogP) is 2.75. The van der Waals surface area contributed by atoms with Crippen molar-refractivity contribution >= 4 is 21.6 Å². The highest BCUT2D eigenvalue weighted by atomic mass is 79.9. The third kappa shape index (κ3) is 2.27. The third-order valence-electron chi connectivity index (χ3n) is 1.79. The van der Waals surface area contributed by atoms with Crippen LogP contribution in [0, 0.1) is 5.82 Å². The molecule has 0 unspecified atom stereocenters. The summed E-state index contributed by atoms with van der Waals surface area (Å²) in [6, 6.07) is 5.27. The fourth-order valence-electron chi connectivity index (χ4n) is 1.08. The van der Waals surface area contributed by atoms with Crippen molar-refractivity contribution < 1.29 is 9.13 Å². The molecule has 0 amide bonds. The Morgan fingerprint density at radius 1 is 1.25 bits per heavy atom. The molecular weight excluding hydrogens is 277 g/mol. The van der Waals surface area contributed by atoms with Crippen LogP contribution in [0.1, 0.15) is 0 Å². The summed E-state index contributed by atoms with van der Waals surface area (Å²) in [7, 11) is 0. The standard InChI is InChI=1S/C10H7BrFN3O/c11-7-2-1-3-8(13)9(7)16-10-14-4-6(12)5-15-10/h1-5H,13H2. The van der Waals surface area contributed by atoms with Crippen molar-refractivity contribution in [2.75, 3.05) is 5.73 Å². The van der Waals surface area contributed by atoms with E-state index < -0.39 is 5.82 Å². The molecule has 2 aromatic rings. The molecule has 0 aliphatic rings. The van der Waals surface area contributed by atoms with E-state index in [2.05, 4.69) is 25.9 Å². The molecule has 0 atom stereocenters. The number of nitrogens with two attached hydrogens (primary N) is 1. The van der Waals surface area contributed by atoms with Crippen LogP contribution in [0.25, 0.3) is 0 Å². The number of benzene rings is 1. The number of rotatable bonds is 2.